The third kappa shape index (κ3) is 5.30. The van der Waals surface area contributed by atoms with Crippen molar-refractivity contribution >= 4 is 22.1 Å². The number of esters is 2. The van der Waals surface area contributed by atoms with Crippen molar-refractivity contribution in [3.05, 3.63) is 0 Å². The van der Waals surface area contributed by atoms with Crippen LogP contribution in [0.2, 0.25) is 0 Å². The van der Waals surface area contributed by atoms with Gasteiger partial charge in [0, 0.05) is 0 Å². The first-order chi connectivity index (χ1) is 6.32. The molecule has 0 aromatic carbocycles. The third-order valence-corrected chi connectivity index (χ3v) is 2.48. The predicted octanol–water partition coefficient (Wildman–Crippen LogP) is -0.859. The zero-order valence-corrected chi connectivity index (χ0v) is 9.11. The molecular weight excluding hydrogens is 230 g/mol. The predicted molar refractivity (Wildman–Crippen MR) is 49.0 cm³/mol. The average Bonchev–Trinajstić information content (AvgIpc) is 2.10. The Morgan fingerprint density at radius 2 is 1.73 bits per heavy atom. The molecule has 0 radical (unpaired) electrons. The molecular formula is C6H13NO7S. The van der Waals surface area contributed by atoms with E-state index < -0.39 is 33.7 Å². The molecule has 0 bridgehead atoms. The molecule has 4 N–H and O–H groups in total. The van der Waals surface area contributed by atoms with Gasteiger partial charge in [-0.2, -0.15) is 8.42 Å². The number of hydrogen-bond acceptors (Lipinski definition) is 7. The Labute approximate surface area is 86.9 Å². The van der Waals surface area contributed by atoms with Crippen molar-refractivity contribution in [3.8, 4) is 0 Å². The highest BCUT2D eigenvalue weighted by molar-refractivity contribution is 7.87. The summed E-state index contributed by atoms with van der Waals surface area (Å²) in [6.45, 7) is 0. The lowest BCUT2D eigenvalue weighted by atomic mass is 10.3. The molecule has 0 aliphatic heterocycles. The van der Waals surface area contributed by atoms with Gasteiger partial charge in [-0.3, -0.25) is 14.1 Å². The fraction of sp³-hybridized carbons (Fsp3) is 0.667. The lowest BCUT2D eigenvalue weighted by Gasteiger charge is -2.09. The van der Waals surface area contributed by atoms with E-state index >= 15 is 0 Å². The number of carbonyl (C=O) groups excluding carboxylic acids is 2. The van der Waals surface area contributed by atoms with Crippen molar-refractivity contribution in [3.63, 3.8) is 0 Å². The fourth-order valence-corrected chi connectivity index (χ4v) is 1.36. The van der Waals surface area contributed by atoms with Gasteiger partial charge in [-0.1, -0.05) is 0 Å². The molecule has 9 heteroatoms. The molecule has 1 unspecified atom stereocenters. The Balaban J connectivity index is 0. The van der Waals surface area contributed by atoms with Crippen molar-refractivity contribution in [2.75, 3.05) is 14.2 Å². The van der Waals surface area contributed by atoms with Gasteiger partial charge in [0.05, 0.1) is 20.6 Å². The molecule has 0 aliphatic carbocycles. The summed E-state index contributed by atoms with van der Waals surface area (Å²) in [6.07, 6.45) is -0.776. The standard InChI is InChI=1S/C6H10O7S.H3N/c1-12-5(7)3-4(6(8)13-2)14(9,10)11;/h4H,3H2,1-2H3,(H,9,10,11);1H3. The third-order valence-electron chi connectivity index (χ3n) is 1.40. The van der Waals surface area contributed by atoms with Crippen molar-refractivity contribution < 1.29 is 32.0 Å². The van der Waals surface area contributed by atoms with Gasteiger partial charge in [0.1, 0.15) is 0 Å². The maximum atomic E-state index is 10.8. The summed E-state index contributed by atoms with van der Waals surface area (Å²) in [6, 6.07) is 0. The van der Waals surface area contributed by atoms with Gasteiger partial charge in [-0.05, 0) is 0 Å². The highest BCUT2D eigenvalue weighted by Gasteiger charge is 2.34. The molecule has 0 fully saturated rings. The number of methoxy groups -OCH3 is 2. The number of carbonyl (C=O) groups is 2. The van der Waals surface area contributed by atoms with Crippen LogP contribution in [-0.4, -0.2) is 44.4 Å². The zero-order chi connectivity index (χ0) is 11.4. The molecule has 0 heterocycles. The largest absolute Gasteiger partial charge is 0.469 e. The summed E-state index contributed by atoms with van der Waals surface area (Å²) in [5, 5.41) is -1.93. The van der Waals surface area contributed by atoms with Crippen LogP contribution in [0.4, 0.5) is 0 Å². The number of ether oxygens (including phenoxy) is 2. The van der Waals surface area contributed by atoms with Crippen molar-refractivity contribution in [2.45, 2.75) is 11.7 Å². The first-order valence-electron chi connectivity index (χ1n) is 3.44. The first-order valence-corrected chi connectivity index (χ1v) is 4.94. The summed E-state index contributed by atoms with van der Waals surface area (Å²) >= 11 is 0. The van der Waals surface area contributed by atoms with E-state index in [1.165, 1.54) is 0 Å². The van der Waals surface area contributed by atoms with Crippen LogP contribution in [-0.2, 0) is 29.2 Å². The topological polar surface area (TPSA) is 142 Å². The van der Waals surface area contributed by atoms with Crippen LogP contribution in [0.25, 0.3) is 0 Å². The molecule has 0 amide bonds. The molecule has 15 heavy (non-hydrogen) atoms. The van der Waals surface area contributed by atoms with Gasteiger partial charge in [-0.25, -0.2) is 0 Å². The van der Waals surface area contributed by atoms with Crippen LogP contribution in [0.1, 0.15) is 6.42 Å². The van der Waals surface area contributed by atoms with Crippen molar-refractivity contribution in [1.29, 1.82) is 0 Å². The van der Waals surface area contributed by atoms with E-state index in [0.717, 1.165) is 14.2 Å². The van der Waals surface area contributed by atoms with Crippen LogP contribution in [0, 0.1) is 0 Å². The number of hydrogen-bond donors (Lipinski definition) is 2. The maximum Gasteiger partial charge on any atom is 0.327 e. The molecule has 0 aliphatic rings. The summed E-state index contributed by atoms with van der Waals surface area (Å²) in [5.74, 6) is -2.14. The SMILES string of the molecule is COC(=O)CC(C(=O)OC)S(=O)(=O)O.N. The van der Waals surface area contributed by atoms with Crippen LogP contribution in [0.5, 0.6) is 0 Å². The van der Waals surface area contributed by atoms with Gasteiger partial charge in [-0.15, -0.1) is 0 Å². The van der Waals surface area contributed by atoms with E-state index in [0.29, 0.717) is 0 Å². The molecule has 1 atom stereocenters. The minimum absolute atomic E-state index is 0. The van der Waals surface area contributed by atoms with Crippen molar-refractivity contribution in [2.24, 2.45) is 0 Å². The first kappa shape index (κ1) is 16.2. The van der Waals surface area contributed by atoms with Gasteiger partial charge in [0.15, 0.2) is 5.25 Å². The summed E-state index contributed by atoms with van der Waals surface area (Å²) in [7, 11) is -2.69. The highest BCUT2D eigenvalue weighted by Crippen LogP contribution is 2.07. The molecule has 0 saturated carbocycles. The van der Waals surface area contributed by atoms with E-state index in [1.54, 1.807) is 0 Å². The van der Waals surface area contributed by atoms with Crippen LogP contribution in [0.3, 0.4) is 0 Å². The summed E-state index contributed by atoms with van der Waals surface area (Å²) < 4.78 is 38.1. The molecule has 90 valence electrons. The van der Waals surface area contributed by atoms with E-state index in [2.05, 4.69) is 9.47 Å². The Morgan fingerprint density at radius 3 is 2.00 bits per heavy atom. The van der Waals surface area contributed by atoms with Crippen LogP contribution in [0.15, 0.2) is 0 Å². The van der Waals surface area contributed by atoms with Crippen LogP contribution >= 0.6 is 0 Å². The molecule has 0 saturated heterocycles. The second kappa shape index (κ2) is 6.32. The second-order valence-corrected chi connectivity index (χ2v) is 3.91. The smallest absolute Gasteiger partial charge is 0.327 e. The Hall–Kier alpha value is -1.19. The molecule has 0 rings (SSSR count). The molecule has 0 spiro atoms. The minimum atomic E-state index is -4.66. The van der Waals surface area contributed by atoms with E-state index in [4.69, 9.17) is 4.55 Å². The maximum absolute atomic E-state index is 10.8. The molecule has 0 aromatic heterocycles. The molecule has 8 nitrogen and oxygen atoms in total. The van der Waals surface area contributed by atoms with E-state index in [-0.39, 0.29) is 6.15 Å². The Kier molecular flexibility index (Phi) is 6.85. The Morgan fingerprint density at radius 1 is 1.27 bits per heavy atom. The average molecular weight is 243 g/mol. The van der Waals surface area contributed by atoms with Crippen molar-refractivity contribution in [1.82, 2.24) is 6.15 Å². The normalized spacial score (nSPS) is 12.2. The quantitative estimate of drug-likeness (QED) is 0.479. The van der Waals surface area contributed by atoms with Gasteiger partial charge in [0.2, 0.25) is 0 Å². The fourth-order valence-electron chi connectivity index (χ4n) is 0.676. The molecule has 0 aromatic rings. The highest BCUT2D eigenvalue weighted by atomic mass is 32.2. The van der Waals surface area contributed by atoms with E-state index in [1.807, 2.05) is 0 Å². The zero-order valence-electron chi connectivity index (χ0n) is 8.30. The van der Waals surface area contributed by atoms with Gasteiger partial charge >= 0.3 is 11.9 Å². The lowest BCUT2D eigenvalue weighted by Crippen LogP contribution is -2.33. The minimum Gasteiger partial charge on any atom is -0.469 e. The van der Waals surface area contributed by atoms with Gasteiger partial charge < -0.3 is 15.6 Å². The monoisotopic (exact) mass is 243 g/mol. The number of rotatable bonds is 4. The Bertz CT molecular complexity index is 322. The summed E-state index contributed by atoms with van der Waals surface area (Å²) in [4.78, 5) is 21.5. The lowest BCUT2D eigenvalue weighted by molar-refractivity contribution is -0.146. The van der Waals surface area contributed by atoms with E-state index in [9.17, 15) is 18.0 Å². The van der Waals surface area contributed by atoms with Crippen LogP contribution < -0.4 is 6.15 Å². The second-order valence-electron chi connectivity index (χ2n) is 2.31. The van der Waals surface area contributed by atoms with Gasteiger partial charge in [0.25, 0.3) is 10.1 Å². The summed E-state index contributed by atoms with van der Waals surface area (Å²) in [5.41, 5.74) is 0.